The highest BCUT2D eigenvalue weighted by molar-refractivity contribution is 5.73. The van der Waals surface area contributed by atoms with Crippen molar-refractivity contribution in [2.24, 2.45) is 11.7 Å². The molecule has 0 spiro atoms. The van der Waals surface area contributed by atoms with Crippen LogP contribution in [0.15, 0.2) is 18.2 Å². The average Bonchev–Trinajstić information content (AvgIpc) is 2.42. The summed E-state index contributed by atoms with van der Waals surface area (Å²) in [6.45, 7) is 2.84. The first-order valence-electron chi connectivity index (χ1n) is 7.01. The Hall–Kier alpha value is -1.75. The molecule has 1 aromatic carbocycles. The molecule has 0 aliphatic carbocycles. The van der Waals surface area contributed by atoms with Crippen molar-refractivity contribution in [2.45, 2.75) is 25.8 Å². The molecule has 0 radical (unpaired) electrons. The van der Waals surface area contributed by atoms with Crippen LogP contribution in [0.2, 0.25) is 0 Å². The van der Waals surface area contributed by atoms with E-state index in [0.29, 0.717) is 18.0 Å². The van der Waals surface area contributed by atoms with Gasteiger partial charge in [-0.15, -0.1) is 0 Å². The first-order valence-corrected chi connectivity index (χ1v) is 7.01. The first kappa shape index (κ1) is 14.7. The number of hydrogen-bond donors (Lipinski definition) is 2. The molecular weight excluding hydrogens is 254 g/mol. The fourth-order valence-corrected chi connectivity index (χ4v) is 2.77. The number of nitrogen functional groups attached to an aromatic ring is 1. The number of nitrogens with zero attached hydrogens (tertiary/aromatic N) is 1. The van der Waals surface area contributed by atoms with Gasteiger partial charge < -0.3 is 16.2 Å². The van der Waals surface area contributed by atoms with Gasteiger partial charge in [-0.25, -0.2) is 0 Å². The molecule has 1 heterocycles. The minimum Gasteiger partial charge on any atom is -0.496 e. The maximum atomic E-state index is 10.9. The Morgan fingerprint density at radius 1 is 1.40 bits per heavy atom. The quantitative estimate of drug-likeness (QED) is 0.796. The molecule has 1 amide bonds. The van der Waals surface area contributed by atoms with Gasteiger partial charge in [-0.05, 0) is 37.9 Å². The second-order valence-corrected chi connectivity index (χ2v) is 5.46. The van der Waals surface area contributed by atoms with Crippen LogP contribution in [0.25, 0.3) is 0 Å². The smallest absolute Gasteiger partial charge is 0.217 e. The number of nitrogens with two attached hydrogens (primary N) is 2. The summed E-state index contributed by atoms with van der Waals surface area (Å²) in [4.78, 5) is 13.3. The number of ether oxygens (including phenoxy) is 1. The van der Waals surface area contributed by atoms with Crippen molar-refractivity contribution in [3.8, 4) is 5.75 Å². The van der Waals surface area contributed by atoms with Gasteiger partial charge in [0.05, 0.1) is 7.11 Å². The van der Waals surface area contributed by atoms with Gasteiger partial charge in [-0.2, -0.15) is 0 Å². The molecule has 0 saturated carbocycles. The number of carbonyl (C=O) groups excluding carboxylic acids is 1. The predicted octanol–water partition coefficient (Wildman–Crippen LogP) is 1.36. The second-order valence-electron chi connectivity index (χ2n) is 5.46. The average molecular weight is 277 g/mol. The van der Waals surface area contributed by atoms with Crippen LogP contribution in [0.3, 0.4) is 0 Å². The standard InChI is InChI=1S/C15H23N3O2/c1-20-14-9-13(16)3-2-12(14)10-18-6-4-11(5-7-18)8-15(17)19/h2-3,9,11H,4-8,10,16H2,1H3,(H2,17,19). The van der Waals surface area contributed by atoms with Gasteiger partial charge in [0.1, 0.15) is 5.75 Å². The lowest BCUT2D eigenvalue weighted by Crippen LogP contribution is -2.34. The number of anilines is 1. The van der Waals surface area contributed by atoms with Crippen molar-refractivity contribution in [3.05, 3.63) is 23.8 Å². The number of hydrogen-bond acceptors (Lipinski definition) is 4. The minimum atomic E-state index is -0.191. The number of amides is 1. The zero-order valence-electron chi connectivity index (χ0n) is 12.0. The Morgan fingerprint density at radius 2 is 2.10 bits per heavy atom. The molecule has 5 heteroatoms. The summed E-state index contributed by atoms with van der Waals surface area (Å²) in [5.41, 5.74) is 12.9. The molecular formula is C15H23N3O2. The number of rotatable bonds is 5. The molecule has 1 aromatic rings. The monoisotopic (exact) mass is 277 g/mol. The highest BCUT2D eigenvalue weighted by Crippen LogP contribution is 2.26. The lowest BCUT2D eigenvalue weighted by molar-refractivity contribution is -0.119. The maximum absolute atomic E-state index is 10.9. The van der Waals surface area contributed by atoms with Gasteiger partial charge in [0.15, 0.2) is 0 Å². The van der Waals surface area contributed by atoms with Crippen LogP contribution < -0.4 is 16.2 Å². The molecule has 1 fully saturated rings. The minimum absolute atomic E-state index is 0.191. The third-order valence-corrected chi connectivity index (χ3v) is 3.90. The predicted molar refractivity (Wildman–Crippen MR) is 79.2 cm³/mol. The molecule has 110 valence electrons. The van der Waals surface area contributed by atoms with Crippen LogP contribution in [-0.4, -0.2) is 31.0 Å². The van der Waals surface area contributed by atoms with E-state index in [1.165, 1.54) is 0 Å². The summed E-state index contributed by atoms with van der Waals surface area (Å²) in [6.07, 6.45) is 2.57. The van der Waals surface area contributed by atoms with E-state index in [2.05, 4.69) is 4.90 Å². The molecule has 1 aliphatic heterocycles. The summed E-state index contributed by atoms with van der Waals surface area (Å²) in [5, 5.41) is 0. The molecule has 5 nitrogen and oxygen atoms in total. The van der Waals surface area contributed by atoms with Crippen LogP contribution in [0.1, 0.15) is 24.8 Å². The Kier molecular flexibility index (Phi) is 4.84. The number of benzene rings is 1. The summed E-state index contributed by atoms with van der Waals surface area (Å²) >= 11 is 0. The molecule has 0 unspecified atom stereocenters. The van der Waals surface area contributed by atoms with E-state index in [0.717, 1.165) is 43.8 Å². The van der Waals surface area contributed by atoms with E-state index in [1.807, 2.05) is 18.2 Å². The van der Waals surface area contributed by atoms with Gasteiger partial charge in [0, 0.05) is 30.3 Å². The number of primary amides is 1. The van der Waals surface area contributed by atoms with Crippen molar-refractivity contribution in [2.75, 3.05) is 25.9 Å². The van der Waals surface area contributed by atoms with E-state index in [9.17, 15) is 4.79 Å². The lowest BCUT2D eigenvalue weighted by atomic mass is 9.93. The van der Waals surface area contributed by atoms with Crippen LogP contribution in [-0.2, 0) is 11.3 Å². The summed E-state index contributed by atoms with van der Waals surface area (Å²) in [5.74, 6) is 1.09. The van der Waals surface area contributed by atoms with Crippen molar-refractivity contribution < 1.29 is 9.53 Å². The first-order chi connectivity index (χ1) is 9.58. The molecule has 1 aliphatic rings. The highest BCUT2D eigenvalue weighted by Gasteiger charge is 2.21. The normalized spacial score (nSPS) is 17.1. The lowest BCUT2D eigenvalue weighted by Gasteiger charge is -2.31. The molecule has 0 aromatic heterocycles. The topological polar surface area (TPSA) is 81.6 Å². The highest BCUT2D eigenvalue weighted by atomic mass is 16.5. The Balaban J connectivity index is 1.91. The maximum Gasteiger partial charge on any atom is 0.217 e. The van der Waals surface area contributed by atoms with Crippen LogP contribution in [0.4, 0.5) is 5.69 Å². The molecule has 4 N–H and O–H groups in total. The molecule has 20 heavy (non-hydrogen) atoms. The van der Waals surface area contributed by atoms with Crippen LogP contribution >= 0.6 is 0 Å². The third-order valence-electron chi connectivity index (χ3n) is 3.90. The van der Waals surface area contributed by atoms with Crippen LogP contribution in [0.5, 0.6) is 5.75 Å². The molecule has 0 bridgehead atoms. The Bertz CT molecular complexity index is 468. The van der Waals surface area contributed by atoms with Crippen molar-refractivity contribution in [3.63, 3.8) is 0 Å². The SMILES string of the molecule is COc1cc(N)ccc1CN1CCC(CC(N)=O)CC1. The molecule has 0 atom stereocenters. The fourth-order valence-electron chi connectivity index (χ4n) is 2.77. The van der Waals surface area contributed by atoms with Gasteiger partial charge in [0.2, 0.25) is 5.91 Å². The van der Waals surface area contributed by atoms with E-state index in [4.69, 9.17) is 16.2 Å². The van der Waals surface area contributed by atoms with Crippen molar-refractivity contribution in [1.82, 2.24) is 4.90 Å². The van der Waals surface area contributed by atoms with E-state index < -0.39 is 0 Å². The number of methoxy groups -OCH3 is 1. The van der Waals surface area contributed by atoms with Crippen LogP contribution in [0, 0.1) is 5.92 Å². The number of likely N-dealkylation sites (tertiary alicyclic amines) is 1. The van der Waals surface area contributed by atoms with Gasteiger partial charge in [-0.3, -0.25) is 9.69 Å². The molecule has 2 rings (SSSR count). The van der Waals surface area contributed by atoms with Crippen molar-refractivity contribution >= 4 is 11.6 Å². The van der Waals surface area contributed by atoms with E-state index >= 15 is 0 Å². The van der Waals surface area contributed by atoms with E-state index in [-0.39, 0.29) is 5.91 Å². The fraction of sp³-hybridized carbons (Fsp3) is 0.533. The zero-order valence-corrected chi connectivity index (χ0v) is 12.0. The summed E-state index contributed by atoms with van der Waals surface area (Å²) < 4.78 is 5.37. The number of carbonyl (C=O) groups is 1. The Morgan fingerprint density at radius 3 is 2.70 bits per heavy atom. The van der Waals surface area contributed by atoms with Gasteiger partial charge in [0.25, 0.3) is 0 Å². The van der Waals surface area contributed by atoms with E-state index in [1.54, 1.807) is 7.11 Å². The molecule has 1 saturated heterocycles. The van der Waals surface area contributed by atoms with Crippen molar-refractivity contribution in [1.29, 1.82) is 0 Å². The third kappa shape index (κ3) is 3.87. The summed E-state index contributed by atoms with van der Waals surface area (Å²) in [6, 6.07) is 5.77. The van der Waals surface area contributed by atoms with Gasteiger partial charge >= 0.3 is 0 Å². The second kappa shape index (κ2) is 6.61. The Labute approximate surface area is 119 Å². The van der Waals surface area contributed by atoms with Gasteiger partial charge in [-0.1, -0.05) is 6.07 Å². The summed E-state index contributed by atoms with van der Waals surface area (Å²) in [7, 11) is 1.66. The number of piperidine rings is 1. The zero-order chi connectivity index (χ0) is 14.5. The largest absolute Gasteiger partial charge is 0.496 e.